The fourth-order valence-corrected chi connectivity index (χ4v) is 1.07. The van der Waals surface area contributed by atoms with Crippen LogP contribution in [0.5, 0.6) is 5.88 Å². The Balaban J connectivity index is 0.00000256. The van der Waals surface area contributed by atoms with E-state index in [1.807, 2.05) is 6.07 Å². The first-order chi connectivity index (χ1) is 7.74. The van der Waals surface area contributed by atoms with E-state index >= 15 is 0 Å². The summed E-state index contributed by atoms with van der Waals surface area (Å²) < 4.78 is 10.3. The van der Waals surface area contributed by atoms with Crippen molar-refractivity contribution in [1.29, 1.82) is 0 Å². The molecule has 0 spiro atoms. The number of hydrogen-bond donors (Lipinski definition) is 2. The van der Waals surface area contributed by atoms with E-state index in [1.54, 1.807) is 19.4 Å². The summed E-state index contributed by atoms with van der Waals surface area (Å²) in [4.78, 5) is 8.00. The smallest absolute Gasteiger partial charge is 0.218 e. The number of nitrogens with two attached hydrogens (primary N) is 2. The van der Waals surface area contributed by atoms with Crippen LogP contribution in [0.2, 0.25) is 0 Å². The number of nitrogens with zero attached hydrogens (tertiary/aromatic N) is 2. The van der Waals surface area contributed by atoms with Crippen molar-refractivity contribution in [3.8, 4) is 5.88 Å². The Hall–Kier alpha value is -1.09. The number of aromatic nitrogens is 1. The maximum atomic E-state index is 5.42. The molecule has 0 aliphatic rings. The Morgan fingerprint density at radius 1 is 1.41 bits per heavy atom. The third kappa shape index (κ3) is 6.27. The number of pyridine rings is 1. The predicted molar refractivity (Wildman–Crippen MR) is 76.5 cm³/mol. The molecule has 4 N–H and O–H groups in total. The first-order valence-corrected chi connectivity index (χ1v) is 4.85. The second-order valence-electron chi connectivity index (χ2n) is 3.05. The molecule has 0 aromatic carbocycles. The number of guanidine groups is 1. The van der Waals surface area contributed by atoms with Gasteiger partial charge in [0, 0.05) is 18.9 Å². The molecule has 0 aliphatic heterocycles. The standard InChI is InChI=1S/C10H16N4O2.HI/c1-15-5-6-16-9-8(3-2-4-13-9)7-14-10(11)12;/h2-4H,5-7H2,1H3,(H4,11,12,14);1H. The highest BCUT2D eigenvalue weighted by Gasteiger charge is 2.03. The minimum absolute atomic E-state index is 0. The largest absolute Gasteiger partial charge is 0.475 e. The minimum Gasteiger partial charge on any atom is -0.475 e. The highest BCUT2D eigenvalue weighted by molar-refractivity contribution is 14.0. The molecule has 17 heavy (non-hydrogen) atoms. The van der Waals surface area contributed by atoms with Crippen LogP contribution in [-0.2, 0) is 11.3 Å². The fourth-order valence-electron chi connectivity index (χ4n) is 1.07. The van der Waals surface area contributed by atoms with Crippen molar-refractivity contribution in [2.45, 2.75) is 6.54 Å². The Morgan fingerprint density at radius 2 is 2.18 bits per heavy atom. The van der Waals surface area contributed by atoms with E-state index in [-0.39, 0.29) is 29.9 Å². The van der Waals surface area contributed by atoms with Crippen LogP contribution in [0.4, 0.5) is 0 Å². The Kier molecular flexibility index (Phi) is 8.42. The van der Waals surface area contributed by atoms with Crippen LogP contribution in [-0.4, -0.2) is 31.3 Å². The molecule has 0 bridgehead atoms. The summed E-state index contributed by atoms with van der Waals surface area (Å²) in [6.45, 7) is 1.32. The summed E-state index contributed by atoms with van der Waals surface area (Å²) in [5.74, 6) is 0.580. The monoisotopic (exact) mass is 352 g/mol. The van der Waals surface area contributed by atoms with E-state index in [2.05, 4.69) is 9.98 Å². The number of hydrogen-bond acceptors (Lipinski definition) is 4. The molecular weight excluding hydrogens is 335 g/mol. The van der Waals surface area contributed by atoms with E-state index < -0.39 is 0 Å². The zero-order valence-electron chi connectivity index (χ0n) is 9.63. The van der Waals surface area contributed by atoms with Gasteiger partial charge in [-0.1, -0.05) is 6.07 Å². The van der Waals surface area contributed by atoms with Crippen LogP contribution in [0.15, 0.2) is 23.3 Å². The molecule has 0 atom stereocenters. The van der Waals surface area contributed by atoms with Gasteiger partial charge in [0.1, 0.15) is 6.61 Å². The van der Waals surface area contributed by atoms with Gasteiger partial charge in [0.25, 0.3) is 0 Å². The molecule has 7 heteroatoms. The number of ether oxygens (including phenoxy) is 2. The summed E-state index contributed by atoms with van der Waals surface area (Å²) in [5, 5.41) is 0. The van der Waals surface area contributed by atoms with Crippen molar-refractivity contribution in [3.63, 3.8) is 0 Å². The van der Waals surface area contributed by atoms with Crippen molar-refractivity contribution >= 4 is 29.9 Å². The molecule has 0 saturated carbocycles. The van der Waals surface area contributed by atoms with Gasteiger partial charge >= 0.3 is 0 Å². The van der Waals surface area contributed by atoms with E-state index in [9.17, 15) is 0 Å². The Bertz CT molecular complexity index is 356. The van der Waals surface area contributed by atoms with Crippen molar-refractivity contribution < 1.29 is 9.47 Å². The molecule has 1 aromatic heterocycles. The van der Waals surface area contributed by atoms with Crippen molar-refractivity contribution in [3.05, 3.63) is 23.9 Å². The van der Waals surface area contributed by atoms with Crippen LogP contribution < -0.4 is 16.2 Å². The van der Waals surface area contributed by atoms with Crippen LogP contribution in [0.25, 0.3) is 0 Å². The van der Waals surface area contributed by atoms with E-state index in [0.29, 0.717) is 25.6 Å². The summed E-state index contributed by atoms with van der Waals surface area (Å²) in [7, 11) is 1.61. The maximum Gasteiger partial charge on any atom is 0.218 e. The Labute approximate surface area is 117 Å². The first kappa shape index (κ1) is 15.9. The zero-order valence-corrected chi connectivity index (χ0v) is 12.0. The van der Waals surface area contributed by atoms with Gasteiger partial charge in [0.15, 0.2) is 5.96 Å². The van der Waals surface area contributed by atoms with Gasteiger partial charge in [-0.3, -0.25) is 0 Å². The van der Waals surface area contributed by atoms with E-state index in [0.717, 1.165) is 5.56 Å². The highest BCUT2D eigenvalue weighted by Crippen LogP contribution is 2.14. The lowest BCUT2D eigenvalue weighted by molar-refractivity contribution is 0.143. The summed E-state index contributed by atoms with van der Waals surface area (Å²) >= 11 is 0. The predicted octanol–water partition coefficient (Wildman–Crippen LogP) is 0.498. The van der Waals surface area contributed by atoms with E-state index in [1.165, 1.54) is 0 Å². The molecular formula is C10H17IN4O2. The van der Waals surface area contributed by atoms with Crippen molar-refractivity contribution in [2.24, 2.45) is 16.5 Å². The highest BCUT2D eigenvalue weighted by atomic mass is 127. The molecule has 0 unspecified atom stereocenters. The van der Waals surface area contributed by atoms with Crippen LogP contribution >= 0.6 is 24.0 Å². The fraction of sp³-hybridized carbons (Fsp3) is 0.400. The lowest BCUT2D eigenvalue weighted by atomic mass is 10.3. The van der Waals surface area contributed by atoms with Gasteiger partial charge in [0.05, 0.1) is 13.2 Å². The maximum absolute atomic E-state index is 5.42. The first-order valence-electron chi connectivity index (χ1n) is 4.85. The van der Waals surface area contributed by atoms with Gasteiger partial charge in [-0.2, -0.15) is 0 Å². The number of aliphatic imine (C=N–C) groups is 1. The van der Waals surface area contributed by atoms with Crippen LogP contribution in [0.1, 0.15) is 5.56 Å². The zero-order chi connectivity index (χ0) is 11.8. The average Bonchev–Trinajstić information content (AvgIpc) is 2.28. The lowest BCUT2D eigenvalue weighted by Gasteiger charge is -2.08. The number of halogens is 1. The SMILES string of the molecule is COCCOc1ncccc1CN=C(N)N.I. The van der Waals surface area contributed by atoms with Gasteiger partial charge in [0.2, 0.25) is 5.88 Å². The van der Waals surface area contributed by atoms with E-state index in [4.69, 9.17) is 20.9 Å². The molecule has 0 fully saturated rings. The Morgan fingerprint density at radius 3 is 2.82 bits per heavy atom. The molecule has 6 nitrogen and oxygen atoms in total. The molecule has 0 radical (unpaired) electrons. The second kappa shape index (κ2) is 8.99. The normalized spacial score (nSPS) is 9.24. The third-order valence-electron chi connectivity index (χ3n) is 1.81. The molecule has 1 aromatic rings. The summed E-state index contributed by atoms with van der Waals surface area (Å²) in [5.41, 5.74) is 11.4. The average molecular weight is 352 g/mol. The molecule has 0 aliphatic carbocycles. The van der Waals surface area contributed by atoms with Crippen LogP contribution in [0.3, 0.4) is 0 Å². The second-order valence-corrected chi connectivity index (χ2v) is 3.05. The van der Waals surface area contributed by atoms with Crippen molar-refractivity contribution in [2.75, 3.05) is 20.3 Å². The number of methoxy groups -OCH3 is 1. The summed E-state index contributed by atoms with van der Waals surface area (Å²) in [6.07, 6.45) is 1.65. The molecule has 1 rings (SSSR count). The van der Waals surface area contributed by atoms with Gasteiger partial charge in [-0.15, -0.1) is 24.0 Å². The minimum atomic E-state index is 0. The van der Waals surface area contributed by atoms with Gasteiger partial charge < -0.3 is 20.9 Å². The molecule has 0 amide bonds. The summed E-state index contributed by atoms with van der Waals surface area (Å²) in [6, 6.07) is 3.67. The topological polar surface area (TPSA) is 95.8 Å². The van der Waals surface area contributed by atoms with Gasteiger partial charge in [-0.05, 0) is 6.07 Å². The van der Waals surface area contributed by atoms with Crippen molar-refractivity contribution in [1.82, 2.24) is 4.98 Å². The van der Waals surface area contributed by atoms with Crippen LogP contribution in [0, 0.1) is 0 Å². The molecule has 0 saturated heterocycles. The number of rotatable bonds is 6. The molecule has 96 valence electrons. The third-order valence-corrected chi connectivity index (χ3v) is 1.81. The van der Waals surface area contributed by atoms with Gasteiger partial charge in [-0.25, -0.2) is 9.98 Å². The quantitative estimate of drug-likeness (QED) is 0.336. The molecule has 1 heterocycles. The lowest BCUT2D eigenvalue weighted by Crippen LogP contribution is -2.22.